The summed E-state index contributed by atoms with van der Waals surface area (Å²) >= 11 is 5.86. The molecule has 0 aliphatic carbocycles. The van der Waals surface area contributed by atoms with E-state index in [0.717, 1.165) is 0 Å². The van der Waals surface area contributed by atoms with E-state index >= 15 is 0 Å². The summed E-state index contributed by atoms with van der Waals surface area (Å²) in [6.07, 6.45) is -0.161. The Bertz CT molecular complexity index is 576. The SMILES string of the molecule is CC(O)(Cc1c(F)cccc1F)c1cccc(Cl)c1. The Morgan fingerprint density at radius 3 is 2.26 bits per heavy atom. The van der Waals surface area contributed by atoms with Crippen molar-refractivity contribution in [1.82, 2.24) is 0 Å². The number of aliphatic hydroxyl groups is 1. The Balaban J connectivity index is 2.36. The molecule has 0 aliphatic heterocycles. The van der Waals surface area contributed by atoms with Gasteiger partial charge >= 0.3 is 0 Å². The summed E-state index contributed by atoms with van der Waals surface area (Å²) in [5, 5.41) is 10.9. The van der Waals surface area contributed by atoms with Crippen molar-refractivity contribution in [2.24, 2.45) is 0 Å². The van der Waals surface area contributed by atoms with E-state index in [1.54, 1.807) is 24.3 Å². The molecule has 2 rings (SSSR count). The molecule has 1 atom stereocenters. The lowest BCUT2D eigenvalue weighted by atomic mass is 9.89. The van der Waals surface area contributed by atoms with Gasteiger partial charge in [0.25, 0.3) is 0 Å². The molecule has 0 aliphatic rings. The van der Waals surface area contributed by atoms with Gasteiger partial charge in [0.05, 0.1) is 5.60 Å². The third kappa shape index (κ3) is 3.11. The third-order valence-electron chi connectivity index (χ3n) is 3.03. The quantitative estimate of drug-likeness (QED) is 0.900. The molecule has 0 spiro atoms. The molecule has 0 saturated carbocycles. The Hall–Kier alpha value is -1.45. The summed E-state index contributed by atoms with van der Waals surface area (Å²) in [7, 11) is 0. The van der Waals surface area contributed by atoms with Gasteiger partial charge in [0.2, 0.25) is 0 Å². The van der Waals surface area contributed by atoms with Crippen molar-refractivity contribution in [3.63, 3.8) is 0 Å². The van der Waals surface area contributed by atoms with Crippen molar-refractivity contribution >= 4 is 11.6 Å². The second-order valence-electron chi connectivity index (χ2n) is 4.66. The van der Waals surface area contributed by atoms with E-state index < -0.39 is 17.2 Å². The molecule has 0 amide bonds. The third-order valence-corrected chi connectivity index (χ3v) is 3.26. The lowest BCUT2D eigenvalue weighted by Gasteiger charge is -2.24. The van der Waals surface area contributed by atoms with Crippen LogP contribution in [0.2, 0.25) is 5.02 Å². The first-order chi connectivity index (χ1) is 8.90. The summed E-state index contributed by atoms with van der Waals surface area (Å²) in [4.78, 5) is 0. The summed E-state index contributed by atoms with van der Waals surface area (Å²) in [5.41, 5.74) is -1.01. The van der Waals surface area contributed by atoms with Crippen LogP contribution < -0.4 is 0 Å². The minimum absolute atomic E-state index is 0.132. The van der Waals surface area contributed by atoms with Gasteiger partial charge in [0.15, 0.2) is 0 Å². The average Bonchev–Trinajstić information content (AvgIpc) is 2.34. The van der Waals surface area contributed by atoms with Gasteiger partial charge in [0, 0.05) is 17.0 Å². The molecule has 1 nitrogen and oxygen atoms in total. The van der Waals surface area contributed by atoms with Crippen LogP contribution in [0.3, 0.4) is 0 Å². The average molecular weight is 283 g/mol. The Morgan fingerprint density at radius 2 is 1.68 bits per heavy atom. The number of halogens is 3. The number of benzene rings is 2. The van der Waals surface area contributed by atoms with E-state index in [9.17, 15) is 13.9 Å². The van der Waals surface area contributed by atoms with Crippen molar-refractivity contribution in [1.29, 1.82) is 0 Å². The first kappa shape index (κ1) is 14.0. The molecule has 1 unspecified atom stereocenters. The fourth-order valence-electron chi connectivity index (χ4n) is 1.97. The van der Waals surface area contributed by atoms with E-state index in [1.807, 2.05) is 0 Å². The van der Waals surface area contributed by atoms with Crippen LogP contribution in [0, 0.1) is 11.6 Å². The molecule has 19 heavy (non-hydrogen) atoms. The molecular weight excluding hydrogens is 270 g/mol. The van der Waals surface area contributed by atoms with Crippen LogP contribution in [0.15, 0.2) is 42.5 Å². The second-order valence-corrected chi connectivity index (χ2v) is 5.10. The van der Waals surface area contributed by atoms with Crippen LogP contribution >= 0.6 is 11.6 Å². The summed E-state index contributed by atoms with van der Waals surface area (Å²) in [6.45, 7) is 1.50. The van der Waals surface area contributed by atoms with E-state index in [-0.39, 0.29) is 12.0 Å². The zero-order valence-electron chi connectivity index (χ0n) is 10.3. The highest BCUT2D eigenvalue weighted by Gasteiger charge is 2.26. The fourth-order valence-corrected chi connectivity index (χ4v) is 2.16. The molecular formula is C15H13ClF2O. The largest absolute Gasteiger partial charge is 0.385 e. The van der Waals surface area contributed by atoms with E-state index in [0.29, 0.717) is 10.6 Å². The minimum Gasteiger partial charge on any atom is -0.385 e. The zero-order chi connectivity index (χ0) is 14.0. The van der Waals surface area contributed by atoms with Crippen molar-refractivity contribution in [2.75, 3.05) is 0 Å². The van der Waals surface area contributed by atoms with E-state index in [1.165, 1.54) is 25.1 Å². The standard InChI is InChI=1S/C15H13ClF2O/c1-15(19,10-4-2-5-11(16)8-10)9-12-13(17)6-3-7-14(12)18/h2-8,19H,9H2,1H3. The maximum absolute atomic E-state index is 13.6. The highest BCUT2D eigenvalue weighted by Crippen LogP contribution is 2.29. The summed E-state index contributed by atoms with van der Waals surface area (Å²) < 4.78 is 27.2. The second kappa shape index (κ2) is 5.27. The zero-order valence-corrected chi connectivity index (χ0v) is 11.1. The van der Waals surface area contributed by atoms with Gasteiger partial charge in [-0.1, -0.05) is 29.8 Å². The van der Waals surface area contributed by atoms with Gasteiger partial charge in [-0.05, 0) is 36.8 Å². The van der Waals surface area contributed by atoms with Crippen LogP contribution in [0.1, 0.15) is 18.1 Å². The Kier molecular flexibility index (Phi) is 3.88. The maximum atomic E-state index is 13.6. The molecule has 0 fully saturated rings. The van der Waals surface area contributed by atoms with Gasteiger partial charge < -0.3 is 5.11 Å². The lowest BCUT2D eigenvalue weighted by molar-refractivity contribution is 0.0557. The molecule has 100 valence electrons. The highest BCUT2D eigenvalue weighted by atomic mass is 35.5. The number of hydrogen-bond acceptors (Lipinski definition) is 1. The van der Waals surface area contributed by atoms with Gasteiger partial charge in [-0.25, -0.2) is 8.78 Å². The predicted octanol–water partition coefficient (Wildman–Crippen LogP) is 4.07. The number of hydrogen-bond donors (Lipinski definition) is 1. The van der Waals surface area contributed by atoms with Crippen molar-refractivity contribution in [3.05, 3.63) is 70.2 Å². The molecule has 0 heterocycles. The predicted molar refractivity (Wildman–Crippen MR) is 71.1 cm³/mol. The van der Waals surface area contributed by atoms with Crippen LogP contribution in [-0.2, 0) is 12.0 Å². The van der Waals surface area contributed by atoms with Crippen molar-refractivity contribution in [3.8, 4) is 0 Å². The van der Waals surface area contributed by atoms with Crippen molar-refractivity contribution < 1.29 is 13.9 Å². The molecule has 2 aromatic carbocycles. The lowest BCUT2D eigenvalue weighted by Crippen LogP contribution is -2.25. The minimum atomic E-state index is -1.39. The van der Waals surface area contributed by atoms with Crippen LogP contribution in [0.25, 0.3) is 0 Å². The Morgan fingerprint density at radius 1 is 1.11 bits per heavy atom. The maximum Gasteiger partial charge on any atom is 0.129 e. The summed E-state index contributed by atoms with van der Waals surface area (Å²) in [5.74, 6) is -1.33. The topological polar surface area (TPSA) is 20.2 Å². The molecule has 2 aromatic rings. The fraction of sp³-hybridized carbons (Fsp3) is 0.200. The molecule has 0 radical (unpaired) electrons. The van der Waals surface area contributed by atoms with Gasteiger partial charge in [-0.15, -0.1) is 0 Å². The monoisotopic (exact) mass is 282 g/mol. The van der Waals surface area contributed by atoms with Gasteiger partial charge in [0.1, 0.15) is 11.6 Å². The first-order valence-electron chi connectivity index (χ1n) is 5.81. The summed E-state index contributed by atoms with van der Waals surface area (Å²) in [6, 6.07) is 10.3. The highest BCUT2D eigenvalue weighted by molar-refractivity contribution is 6.30. The molecule has 1 N–H and O–H groups in total. The molecule has 0 saturated heterocycles. The van der Waals surface area contributed by atoms with Gasteiger partial charge in [-0.3, -0.25) is 0 Å². The van der Waals surface area contributed by atoms with Crippen molar-refractivity contribution in [2.45, 2.75) is 18.9 Å². The normalized spacial score (nSPS) is 14.2. The van der Waals surface area contributed by atoms with Crippen LogP contribution in [0.4, 0.5) is 8.78 Å². The molecule has 0 bridgehead atoms. The smallest absolute Gasteiger partial charge is 0.129 e. The van der Waals surface area contributed by atoms with Crippen LogP contribution in [-0.4, -0.2) is 5.11 Å². The van der Waals surface area contributed by atoms with E-state index in [4.69, 9.17) is 11.6 Å². The molecule has 4 heteroatoms. The Labute approximate surface area is 115 Å². The number of rotatable bonds is 3. The van der Waals surface area contributed by atoms with Crippen LogP contribution in [0.5, 0.6) is 0 Å². The molecule has 0 aromatic heterocycles. The first-order valence-corrected chi connectivity index (χ1v) is 6.19. The van der Waals surface area contributed by atoms with E-state index in [2.05, 4.69) is 0 Å². The van der Waals surface area contributed by atoms with Gasteiger partial charge in [-0.2, -0.15) is 0 Å².